The van der Waals surface area contributed by atoms with E-state index in [2.05, 4.69) is 15.9 Å². The average Bonchev–Trinajstić information content (AvgIpc) is 2.74. The maximum atomic E-state index is 13.7. The van der Waals surface area contributed by atoms with E-state index in [1.807, 2.05) is 0 Å². The van der Waals surface area contributed by atoms with Crippen LogP contribution in [0.1, 0.15) is 10.6 Å². The zero-order valence-electron chi connectivity index (χ0n) is 8.14. The lowest BCUT2D eigenvalue weighted by Crippen LogP contribution is -1.90. The van der Waals surface area contributed by atoms with Crippen LogP contribution in [0, 0.1) is 11.6 Å². The van der Waals surface area contributed by atoms with Gasteiger partial charge in [-0.25, -0.2) is 8.78 Å². The Labute approximate surface area is 108 Å². The van der Waals surface area contributed by atoms with Gasteiger partial charge in [-0.2, -0.15) is 0 Å². The molecule has 1 aromatic carbocycles. The molecular weight excluding hydrogens is 317 g/mol. The minimum Gasteiger partial charge on any atom is -0.453 e. The fourth-order valence-electron chi connectivity index (χ4n) is 1.34. The van der Waals surface area contributed by atoms with E-state index in [4.69, 9.17) is 16.0 Å². The Morgan fingerprint density at radius 3 is 2.65 bits per heavy atom. The predicted octanol–water partition coefficient (Wildman–Crippen LogP) is 4.45. The van der Waals surface area contributed by atoms with E-state index in [0.717, 1.165) is 6.07 Å². The van der Waals surface area contributed by atoms with Crippen LogP contribution in [-0.2, 0) is 0 Å². The molecule has 2 aromatic rings. The number of aldehydes is 1. The van der Waals surface area contributed by atoms with Crippen LogP contribution in [0.4, 0.5) is 8.78 Å². The highest BCUT2D eigenvalue weighted by Crippen LogP contribution is 2.36. The van der Waals surface area contributed by atoms with Gasteiger partial charge in [-0.15, -0.1) is 0 Å². The molecule has 0 spiro atoms. The highest BCUT2D eigenvalue weighted by atomic mass is 79.9. The van der Waals surface area contributed by atoms with Crippen molar-refractivity contribution in [3.63, 3.8) is 0 Å². The van der Waals surface area contributed by atoms with Crippen molar-refractivity contribution in [1.82, 2.24) is 0 Å². The van der Waals surface area contributed by atoms with Gasteiger partial charge in [0.2, 0.25) is 0 Å². The molecule has 2 rings (SSSR count). The lowest BCUT2D eigenvalue weighted by Gasteiger charge is -2.05. The molecule has 1 aromatic heterocycles. The molecule has 0 unspecified atom stereocenters. The Bertz CT molecular complexity index is 595. The van der Waals surface area contributed by atoms with Crippen molar-refractivity contribution >= 4 is 33.8 Å². The molecule has 0 amide bonds. The van der Waals surface area contributed by atoms with E-state index in [0.29, 0.717) is 6.29 Å². The first-order valence-corrected chi connectivity index (χ1v) is 5.60. The minimum atomic E-state index is -0.785. The predicted molar refractivity (Wildman–Crippen MR) is 62.2 cm³/mol. The van der Waals surface area contributed by atoms with E-state index < -0.39 is 11.6 Å². The Morgan fingerprint density at radius 2 is 2.06 bits per heavy atom. The van der Waals surface area contributed by atoms with Gasteiger partial charge < -0.3 is 4.42 Å². The smallest absolute Gasteiger partial charge is 0.185 e. The standard InChI is InChI=1S/C11H4BrClF2O2/c12-10-9(7(14)3-6(13)11(10)15)8-2-1-5(4-16)17-8/h1-4H. The van der Waals surface area contributed by atoms with Gasteiger partial charge in [0.05, 0.1) is 15.1 Å². The molecule has 0 bridgehead atoms. The lowest BCUT2D eigenvalue weighted by molar-refractivity contribution is 0.110. The van der Waals surface area contributed by atoms with Crippen LogP contribution in [0.5, 0.6) is 0 Å². The van der Waals surface area contributed by atoms with Crippen molar-refractivity contribution in [2.24, 2.45) is 0 Å². The van der Waals surface area contributed by atoms with Crippen molar-refractivity contribution < 1.29 is 18.0 Å². The number of carbonyl (C=O) groups excluding carboxylic acids is 1. The Morgan fingerprint density at radius 1 is 1.35 bits per heavy atom. The molecule has 0 fully saturated rings. The number of hydrogen-bond donors (Lipinski definition) is 0. The summed E-state index contributed by atoms with van der Waals surface area (Å²) in [5.74, 6) is -1.45. The second-order valence-corrected chi connectivity index (χ2v) is 4.36. The molecule has 0 saturated heterocycles. The topological polar surface area (TPSA) is 30.2 Å². The minimum absolute atomic E-state index is 0.0293. The first-order valence-electron chi connectivity index (χ1n) is 4.43. The summed E-state index contributed by atoms with van der Waals surface area (Å²) in [4.78, 5) is 10.4. The third kappa shape index (κ3) is 2.12. The van der Waals surface area contributed by atoms with Gasteiger partial charge in [0, 0.05) is 0 Å². The molecular formula is C11H4BrClF2O2. The zero-order valence-corrected chi connectivity index (χ0v) is 10.5. The van der Waals surface area contributed by atoms with Gasteiger partial charge in [0.25, 0.3) is 0 Å². The van der Waals surface area contributed by atoms with Crippen LogP contribution in [0.2, 0.25) is 5.02 Å². The number of furan rings is 1. The maximum absolute atomic E-state index is 13.7. The highest BCUT2D eigenvalue weighted by molar-refractivity contribution is 9.10. The molecule has 6 heteroatoms. The van der Waals surface area contributed by atoms with Crippen LogP contribution < -0.4 is 0 Å². The third-order valence-electron chi connectivity index (χ3n) is 2.10. The fraction of sp³-hybridized carbons (Fsp3) is 0. The summed E-state index contributed by atoms with van der Waals surface area (Å²) in [6.45, 7) is 0. The molecule has 0 atom stereocenters. The summed E-state index contributed by atoms with van der Waals surface area (Å²) in [6, 6.07) is 3.58. The van der Waals surface area contributed by atoms with Crippen molar-refractivity contribution in [2.75, 3.05) is 0 Å². The first kappa shape index (κ1) is 12.3. The van der Waals surface area contributed by atoms with E-state index in [9.17, 15) is 13.6 Å². The normalized spacial score (nSPS) is 10.6. The largest absolute Gasteiger partial charge is 0.453 e. The van der Waals surface area contributed by atoms with Gasteiger partial charge in [-0.3, -0.25) is 4.79 Å². The SMILES string of the molecule is O=Cc1ccc(-c2c(F)cc(Cl)c(F)c2Br)o1. The number of halogens is 4. The van der Waals surface area contributed by atoms with E-state index in [1.54, 1.807) is 0 Å². The van der Waals surface area contributed by atoms with E-state index in [1.165, 1.54) is 12.1 Å². The van der Waals surface area contributed by atoms with E-state index in [-0.39, 0.29) is 26.6 Å². The Balaban J connectivity index is 2.66. The average molecular weight is 322 g/mol. The van der Waals surface area contributed by atoms with Crippen molar-refractivity contribution in [1.29, 1.82) is 0 Å². The number of carbonyl (C=O) groups is 1. The zero-order chi connectivity index (χ0) is 12.6. The van der Waals surface area contributed by atoms with Gasteiger partial charge in [0.15, 0.2) is 17.9 Å². The first-order chi connectivity index (χ1) is 8.04. The molecule has 1 heterocycles. The fourth-order valence-corrected chi connectivity index (χ4v) is 2.25. The van der Waals surface area contributed by atoms with Crippen LogP contribution in [-0.4, -0.2) is 6.29 Å². The molecule has 0 aliphatic carbocycles. The summed E-state index contributed by atoms with van der Waals surface area (Å²) in [6.07, 6.45) is 0.474. The summed E-state index contributed by atoms with van der Waals surface area (Å²) in [5, 5.41) is -0.333. The summed E-state index contributed by atoms with van der Waals surface area (Å²) >= 11 is 8.38. The number of rotatable bonds is 2. The van der Waals surface area contributed by atoms with Gasteiger partial charge in [0.1, 0.15) is 11.6 Å². The summed E-state index contributed by atoms with van der Waals surface area (Å²) in [5.41, 5.74) is -0.111. The lowest BCUT2D eigenvalue weighted by atomic mass is 10.1. The third-order valence-corrected chi connectivity index (χ3v) is 3.12. The van der Waals surface area contributed by atoms with Crippen LogP contribution in [0.25, 0.3) is 11.3 Å². The second-order valence-electron chi connectivity index (χ2n) is 3.16. The molecule has 17 heavy (non-hydrogen) atoms. The molecule has 2 nitrogen and oxygen atoms in total. The molecule has 0 saturated carbocycles. The van der Waals surface area contributed by atoms with Crippen LogP contribution >= 0.6 is 27.5 Å². The molecule has 88 valence electrons. The highest BCUT2D eigenvalue weighted by Gasteiger charge is 2.19. The Kier molecular flexibility index (Phi) is 3.31. The maximum Gasteiger partial charge on any atom is 0.185 e. The van der Waals surface area contributed by atoms with Gasteiger partial charge in [-0.05, 0) is 34.1 Å². The number of benzene rings is 1. The number of hydrogen-bond acceptors (Lipinski definition) is 2. The van der Waals surface area contributed by atoms with Crippen LogP contribution in [0.3, 0.4) is 0 Å². The van der Waals surface area contributed by atoms with Gasteiger partial charge >= 0.3 is 0 Å². The van der Waals surface area contributed by atoms with E-state index >= 15 is 0 Å². The Hall–Kier alpha value is -1.20. The monoisotopic (exact) mass is 320 g/mol. The molecule has 0 N–H and O–H groups in total. The van der Waals surface area contributed by atoms with Gasteiger partial charge in [-0.1, -0.05) is 11.6 Å². The molecule has 0 radical (unpaired) electrons. The molecule has 0 aliphatic rings. The summed E-state index contributed by atoms with van der Waals surface area (Å²) in [7, 11) is 0. The summed E-state index contributed by atoms with van der Waals surface area (Å²) < 4.78 is 32.0. The van der Waals surface area contributed by atoms with Crippen molar-refractivity contribution in [3.05, 3.63) is 45.1 Å². The quantitative estimate of drug-likeness (QED) is 0.464. The second kappa shape index (κ2) is 4.58. The van der Waals surface area contributed by atoms with Crippen molar-refractivity contribution in [3.8, 4) is 11.3 Å². The van der Waals surface area contributed by atoms with Crippen LogP contribution in [0.15, 0.2) is 27.1 Å². The molecule has 0 aliphatic heterocycles. The van der Waals surface area contributed by atoms with Crippen molar-refractivity contribution in [2.45, 2.75) is 0 Å².